The van der Waals surface area contributed by atoms with Crippen LogP contribution in [0.5, 0.6) is 0 Å². The van der Waals surface area contributed by atoms with Crippen LogP contribution in [-0.2, 0) is 40.2 Å². The molecule has 1 saturated carbocycles. The minimum absolute atomic E-state index is 0.0253. The highest BCUT2D eigenvalue weighted by atomic mass is 32.1. The summed E-state index contributed by atoms with van der Waals surface area (Å²) < 4.78 is 9.79. The fraction of sp³-hybridized carbons (Fsp3) is 0.409. The van der Waals surface area contributed by atoms with E-state index in [1.165, 1.54) is 25.6 Å². The van der Waals surface area contributed by atoms with Crippen LogP contribution >= 0.6 is 11.3 Å². The highest BCUT2D eigenvalue weighted by Crippen LogP contribution is 2.39. The number of hydrogen-bond donors (Lipinski definition) is 2. The number of nitrogens with one attached hydrogen (secondary N) is 2. The summed E-state index contributed by atoms with van der Waals surface area (Å²) in [7, 11) is 4.81. The lowest BCUT2D eigenvalue weighted by molar-refractivity contribution is -0.147. The highest BCUT2D eigenvalue weighted by Gasteiger charge is 2.31. The molecule has 55 heavy (non-hydrogen) atoms. The van der Waals surface area contributed by atoms with Gasteiger partial charge in [-0.2, -0.15) is 0 Å². The molecule has 0 bridgehead atoms. The van der Waals surface area contributed by atoms with Gasteiger partial charge in [0.05, 0.1) is 31.3 Å². The Labute approximate surface area is 328 Å². The van der Waals surface area contributed by atoms with E-state index in [9.17, 15) is 19.2 Å². The van der Waals surface area contributed by atoms with E-state index < -0.39 is 0 Å². The van der Waals surface area contributed by atoms with E-state index in [0.29, 0.717) is 52.6 Å². The lowest BCUT2D eigenvalue weighted by atomic mass is 9.84. The monoisotopic (exact) mass is 764 g/mol. The molecule has 4 aromatic rings. The van der Waals surface area contributed by atoms with Crippen molar-refractivity contribution in [1.82, 2.24) is 4.90 Å². The third-order valence-corrected chi connectivity index (χ3v) is 12.1. The zero-order valence-electron chi connectivity index (χ0n) is 32.5. The molecule has 2 aliphatic carbocycles. The van der Waals surface area contributed by atoms with Crippen molar-refractivity contribution in [2.24, 2.45) is 5.92 Å². The molecule has 3 aromatic carbocycles. The first kappa shape index (κ1) is 39.7. The molecule has 1 heterocycles. The fourth-order valence-corrected chi connectivity index (χ4v) is 9.14. The Morgan fingerprint density at radius 1 is 0.782 bits per heavy atom. The molecule has 0 unspecified atom stereocenters. The SMILES string of the molecule is COC(=O)c1ccc(N(C)Cc2ccc(NC(=O)c3c(NC(=O)c4cccc(CN(C(C)C)[C@H]5CC[C@H](C(=O)OC)CC5)c4)sc4c3CCCC4)cc2)cc1. The molecule has 0 atom stereocenters. The van der Waals surface area contributed by atoms with E-state index in [0.717, 1.165) is 78.6 Å². The zero-order valence-corrected chi connectivity index (χ0v) is 33.3. The number of benzene rings is 3. The van der Waals surface area contributed by atoms with Crippen molar-refractivity contribution < 1.29 is 28.7 Å². The molecule has 0 radical (unpaired) electrons. The van der Waals surface area contributed by atoms with Gasteiger partial charge in [0.25, 0.3) is 11.8 Å². The van der Waals surface area contributed by atoms with Crippen molar-refractivity contribution in [3.05, 3.63) is 111 Å². The van der Waals surface area contributed by atoms with E-state index in [1.807, 2.05) is 61.6 Å². The van der Waals surface area contributed by atoms with Crippen molar-refractivity contribution in [3.63, 3.8) is 0 Å². The molecule has 2 N–H and O–H groups in total. The predicted octanol–water partition coefficient (Wildman–Crippen LogP) is 8.50. The lowest BCUT2D eigenvalue weighted by Crippen LogP contribution is -2.42. The van der Waals surface area contributed by atoms with Crippen molar-refractivity contribution >= 4 is 51.5 Å². The molecule has 10 nitrogen and oxygen atoms in total. The second-order valence-corrected chi connectivity index (χ2v) is 16.0. The Bertz CT molecular complexity index is 1980. The Balaban J connectivity index is 1.12. The van der Waals surface area contributed by atoms with E-state index in [-0.39, 0.29) is 29.7 Å². The number of esters is 2. The van der Waals surface area contributed by atoms with Crippen LogP contribution in [0.15, 0.2) is 72.8 Å². The smallest absolute Gasteiger partial charge is 0.337 e. The van der Waals surface area contributed by atoms with E-state index >= 15 is 0 Å². The minimum Gasteiger partial charge on any atom is -0.469 e. The Hall–Kier alpha value is -5.00. The summed E-state index contributed by atoms with van der Waals surface area (Å²) in [6.45, 7) is 5.72. The molecular formula is C44H52N4O6S. The number of rotatable bonds is 13. The summed E-state index contributed by atoms with van der Waals surface area (Å²) >= 11 is 1.51. The molecule has 290 valence electrons. The number of anilines is 3. The lowest BCUT2D eigenvalue weighted by Gasteiger charge is -2.39. The summed E-state index contributed by atoms with van der Waals surface area (Å²) in [6, 6.07) is 23.4. The number of hydrogen-bond acceptors (Lipinski definition) is 9. The minimum atomic E-state index is -0.368. The normalized spacial score (nSPS) is 16.6. The molecule has 2 aliphatic rings. The van der Waals surface area contributed by atoms with E-state index in [1.54, 1.807) is 12.1 Å². The molecule has 11 heteroatoms. The molecule has 1 aromatic heterocycles. The van der Waals surface area contributed by atoms with Crippen LogP contribution in [0.3, 0.4) is 0 Å². The maximum atomic E-state index is 14.0. The number of fused-ring (bicyclic) bond motifs is 1. The first-order chi connectivity index (χ1) is 26.5. The van der Waals surface area contributed by atoms with Crippen LogP contribution in [0.1, 0.15) is 105 Å². The number of amides is 2. The van der Waals surface area contributed by atoms with Gasteiger partial charge in [0.2, 0.25) is 0 Å². The van der Waals surface area contributed by atoms with Crippen LogP contribution in [0.2, 0.25) is 0 Å². The van der Waals surface area contributed by atoms with Gasteiger partial charge in [-0.05, 0) is 130 Å². The highest BCUT2D eigenvalue weighted by molar-refractivity contribution is 7.17. The number of carbonyl (C=O) groups excluding carboxylic acids is 4. The summed E-state index contributed by atoms with van der Waals surface area (Å²) in [4.78, 5) is 57.4. The molecule has 1 fully saturated rings. The summed E-state index contributed by atoms with van der Waals surface area (Å²) in [5.41, 5.74) is 6.37. The maximum Gasteiger partial charge on any atom is 0.337 e. The van der Waals surface area contributed by atoms with Crippen molar-refractivity contribution in [2.45, 2.75) is 90.4 Å². The largest absolute Gasteiger partial charge is 0.469 e. The van der Waals surface area contributed by atoms with Crippen LogP contribution < -0.4 is 15.5 Å². The van der Waals surface area contributed by atoms with Gasteiger partial charge in [-0.1, -0.05) is 24.3 Å². The third-order valence-electron chi connectivity index (χ3n) is 10.9. The van der Waals surface area contributed by atoms with Gasteiger partial charge >= 0.3 is 11.9 Å². The van der Waals surface area contributed by atoms with Gasteiger partial charge < -0.3 is 25.0 Å². The van der Waals surface area contributed by atoms with E-state index in [4.69, 9.17) is 9.47 Å². The Morgan fingerprint density at radius 2 is 1.49 bits per heavy atom. The second kappa shape index (κ2) is 18.1. The molecular weight excluding hydrogens is 713 g/mol. The van der Waals surface area contributed by atoms with Gasteiger partial charge in [0.15, 0.2) is 0 Å². The molecule has 0 aliphatic heterocycles. The van der Waals surface area contributed by atoms with Crippen molar-refractivity contribution in [2.75, 3.05) is 36.8 Å². The zero-order chi connectivity index (χ0) is 39.1. The number of aryl methyl sites for hydroxylation is 1. The third kappa shape index (κ3) is 9.63. The summed E-state index contributed by atoms with van der Waals surface area (Å²) in [5.74, 6) is -0.973. The molecule has 0 saturated heterocycles. The molecule has 6 rings (SSSR count). The predicted molar refractivity (Wildman–Crippen MR) is 218 cm³/mol. The summed E-state index contributed by atoms with van der Waals surface area (Å²) in [5, 5.41) is 6.81. The van der Waals surface area contributed by atoms with Crippen molar-refractivity contribution in [1.29, 1.82) is 0 Å². The number of thiophene rings is 1. The van der Waals surface area contributed by atoms with Gasteiger partial charge in [0, 0.05) is 54.0 Å². The quantitative estimate of drug-likeness (QED) is 0.130. The first-order valence-electron chi connectivity index (χ1n) is 19.2. The molecule has 0 spiro atoms. The average Bonchev–Trinajstić information content (AvgIpc) is 3.58. The standard InChI is InChI=1S/C44H52N4O6S/c1-28(2)48(36-23-17-32(18-24-36)44(52)54-5)27-30-9-8-10-33(25-30)40(49)46-42-39(37-11-6-7-12-38(37)55-42)41(50)45-34-19-13-29(14-20-34)26-47(3)35-21-15-31(16-22-35)43(51)53-4/h8-10,13-16,19-22,25,28,32,36H,6-7,11-12,17-18,23-24,26-27H2,1-5H3,(H,45,50)(H,46,49)/t32-,36-. The Morgan fingerprint density at radius 3 is 2.16 bits per heavy atom. The first-order valence-corrected chi connectivity index (χ1v) is 20.0. The van der Waals surface area contributed by atoms with Crippen molar-refractivity contribution in [3.8, 4) is 0 Å². The number of methoxy groups -OCH3 is 2. The average molecular weight is 765 g/mol. The van der Waals surface area contributed by atoms with Gasteiger partial charge in [0.1, 0.15) is 5.00 Å². The summed E-state index contributed by atoms with van der Waals surface area (Å²) in [6.07, 6.45) is 7.28. The van der Waals surface area contributed by atoms with Crippen LogP contribution in [0.25, 0.3) is 0 Å². The van der Waals surface area contributed by atoms with Crippen LogP contribution in [-0.4, -0.2) is 62.0 Å². The number of ether oxygens (including phenoxy) is 2. The topological polar surface area (TPSA) is 117 Å². The van der Waals surface area contributed by atoms with E-state index in [2.05, 4.69) is 40.3 Å². The van der Waals surface area contributed by atoms with Crippen LogP contribution in [0.4, 0.5) is 16.4 Å². The maximum absolute atomic E-state index is 14.0. The molecule has 2 amide bonds. The van der Waals surface area contributed by atoms with Gasteiger partial charge in [-0.25, -0.2) is 4.79 Å². The number of carbonyl (C=O) groups is 4. The number of nitrogens with zero attached hydrogens (tertiary/aromatic N) is 2. The van der Waals surface area contributed by atoms with Gasteiger partial charge in [-0.3, -0.25) is 19.3 Å². The van der Waals surface area contributed by atoms with Gasteiger partial charge in [-0.15, -0.1) is 11.3 Å². The van der Waals surface area contributed by atoms with Crippen LogP contribution in [0, 0.1) is 5.92 Å². The Kier molecular flexibility index (Phi) is 13.1. The second-order valence-electron chi connectivity index (χ2n) is 14.9. The fourth-order valence-electron chi connectivity index (χ4n) is 7.86.